The molecule has 0 bridgehead atoms. The number of aryl methyl sites for hydroxylation is 3. The highest BCUT2D eigenvalue weighted by atomic mass is 14.1. The van der Waals surface area contributed by atoms with Crippen LogP contribution in [0, 0.1) is 20.8 Å². The predicted octanol–water partition coefficient (Wildman–Crippen LogP) is 12.7. The molecule has 216 valence electrons. The molecule has 0 N–H and O–H groups in total. The Kier molecular flexibility index (Phi) is 14.3. The van der Waals surface area contributed by atoms with E-state index >= 15 is 0 Å². The van der Waals surface area contributed by atoms with Gasteiger partial charge in [-0.1, -0.05) is 138 Å². The predicted molar refractivity (Wildman–Crippen MR) is 178 cm³/mol. The van der Waals surface area contributed by atoms with Gasteiger partial charge in [0.15, 0.2) is 0 Å². The van der Waals surface area contributed by atoms with Crippen molar-refractivity contribution in [1.82, 2.24) is 0 Å². The van der Waals surface area contributed by atoms with E-state index in [0.717, 1.165) is 0 Å². The highest BCUT2D eigenvalue weighted by Gasteiger charge is 2.08. The minimum absolute atomic E-state index is 0.637. The molecular formula is C39H60. The molecule has 0 unspecified atom stereocenters. The Bertz CT molecular complexity index is 992. The Labute approximate surface area is 243 Å². The largest absolute Gasteiger partial charge is 0.0588 e. The topological polar surface area (TPSA) is 0 Å². The lowest BCUT2D eigenvalue weighted by molar-refractivity contribution is 0.826. The van der Waals surface area contributed by atoms with Crippen LogP contribution in [-0.2, 0) is 0 Å². The zero-order valence-corrected chi connectivity index (χ0v) is 28.2. The van der Waals surface area contributed by atoms with Gasteiger partial charge < -0.3 is 0 Å². The summed E-state index contributed by atoms with van der Waals surface area (Å²) in [4.78, 5) is 0. The van der Waals surface area contributed by atoms with Gasteiger partial charge in [0.1, 0.15) is 0 Å². The normalized spacial score (nSPS) is 11.3. The van der Waals surface area contributed by atoms with Gasteiger partial charge in [0.25, 0.3) is 0 Å². The second-order valence-electron chi connectivity index (χ2n) is 13.3. The molecule has 0 saturated heterocycles. The van der Waals surface area contributed by atoms with Crippen LogP contribution in [0.2, 0.25) is 0 Å². The lowest BCUT2D eigenvalue weighted by Gasteiger charge is -2.13. The molecule has 0 atom stereocenters. The molecular weight excluding hydrogens is 468 g/mol. The molecule has 0 spiro atoms. The number of benzene rings is 3. The summed E-state index contributed by atoms with van der Waals surface area (Å²) in [5.74, 6) is 3.82. The summed E-state index contributed by atoms with van der Waals surface area (Å²) in [6.07, 6.45) is 0. The number of rotatable bonds is 6. The third-order valence-corrected chi connectivity index (χ3v) is 7.78. The van der Waals surface area contributed by atoms with Crippen molar-refractivity contribution in [2.45, 2.75) is 139 Å². The highest BCUT2D eigenvalue weighted by Crippen LogP contribution is 2.26. The van der Waals surface area contributed by atoms with Crippen molar-refractivity contribution >= 4 is 0 Å². The van der Waals surface area contributed by atoms with Crippen molar-refractivity contribution in [1.29, 1.82) is 0 Å². The van der Waals surface area contributed by atoms with Gasteiger partial charge >= 0.3 is 0 Å². The Morgan fingerprint density at radius 1 is 0.308 bits per heavy atom. The van der Waals surface area contributed by atoms with Crippen molar-refractivity contribution in [3.63, 3.8) is 0 Å². The molecule has 3 rings (SSSR count). The molecule has 3 aromatic rings. The van der Waals surface area contributed by atoms with Crippen molar-refractivity contribution in [2.75, 3.05) is 0 Å². The second-order valence-corrected chi connectivity index (χ2v) is 13.3. The van der Waals surface area contributed by atoms with Gasteiger partial charge in [0.2, 0.25) is 0 Å². The van der Waals surface area contributed by atoms with Crippen molar-refractivity contribution in [2.24, 2.45) is 0 Å². The van der Waals surface area contributed by atoms with E-state index in [9.17, 15) is 0 Å². The van der Waals surface area contributed by atoms with Gasteiger partial charge in [-0.15, -0.1) is 0 Å². The van der Waals surface area contributed by atoms with Crippen LogP contribution >= 0.6 is 0 Å². The third-order valence-electron chi connectivity index (χ3n) is 7.78. The quantitative estimate of drug-likeness (QED) is 0.298. The van der Waals surface area contributed by atoms with Crippen molar-refractivity contribution < 1.29 is 0 Å². The number of hydrogen-bond donors (Lipinski definition) is 0. The Morgan fingerprint density at radius 2 is 0.513 bits per heavy atom. The lowest BCUT2D eigenvalue weighted by Crippen LogP contribution is -1.95. The first-order valence-electron chi connectivity index (χ1n) is 15.4. The van der Waals surface area contributed by atoms with E-state index in [1.54, 1.807) is 0 Å². The number of hydrogen-bond acceptors (Lipinski definition) is 0. The smallest absolute Gasteiger partial charge is 0.0216 e. The van der Waals surface area contributed by atoms with Gasteiger partial charge in [0, 0.05) is 0 Å². The molecule has 0 nitrogen and oxygen atoms in total. The van der Waals surface area contributed by atoms with Crippen LogP contribution in [0.25, 0.3) is 0 Å². The van der Waals surface area contributed by atoms with Crippen LogP contribution in [0.3, 0.4) is 0 Å². The van der Waals surface area contributed by atoms with Crippen LogP contribution in [0.5, 0.6) is 0 Å². The van der Waals surface area contributed by atoms with Gasteiger partial charge in [-0.05, 0) is 106 Å². The lowest BCUT2D eigenvalue weighted by atomic mass is 9.92. The molecule has 0 heterocycles. The third kappa shape index (κ3) is 11.0. The maximum absolute atomic E-state index is 2.35. The zero-order valence-electron chi connectivity index (χ0n) is 28.2. The van der Waals surface area contributed by atoms with Crippen LogP contribution < -0.4 is 0 Å². The summed E-state index contributed by atoms with van der Waals surface area (Å²) in [7, 11) is 0. The molecule has 0 saturated carbocycles. The molecule has 0 aliphatic rings. The highest BCUT2D eigenvalue weighted by molar-refractivity contribution is 5.36. The summed E-state index contributed by atoms with van der Waals surface area (Å²) in [6, 6.07) is 20.5. The van der Waals surface area contributed by atoms with Crippen LogP contribution in [-0.4, -0.2) is 0 Å². The fourth-order valence-corrected chi connectivity index (χ4v) is 4.92. The first-order chi connectivity index (χ1) is 18.1. The average Bonchev–Trinajstić information content (AvgIpc) is 2.84. The molecule has 39 heavy (non-hydrogen) atoms. The maximum atomic E-state index is 2.35. The summed E-state index contributed by atoms with van der Waals surface area (Å²) in [5, 5.41) is 0. The van der Waals surface area contributed by atoms with E-state index in [2.05, 4.69) is 158 Å². The zero-order chi connectivity index (χ0) is 30.0. The van der Waals surface area contributed by atoms with E-state index in [-0.39, 0.29) is 0 Å². The molecule has 0 aliphatic heterocycles. The van der Waals surface area contributed by atoms with Crippen molar-refractivity contribution in [3.8, 4) is 0 Å². The molecule has 3 aromatic carbocycles. The Morgan fingerprint density at radius 3 is 0.667 bits per heavy atom. The first kappa shape index (κ1) is 34.7. The molecule has 0 heteroatoms. The van der Waals surface area contributed by atoms with E-state index in [4.69, 9.17) is 0 Å². The van der Waals surface area contributed by atoms with Gasteiger partial charge in [0.05, 0.1) is 0 Å². The van der Waals surface area contributed by atoms with E-state index in [0.29, 0.717) is 35.5 Å². The first-order valence-corrected chi connectivity index (χ1v) is 15.4. The molecule has 0 amide bonds. The minimum atomic E-state index is 0.637. The monoisotopic (exact) mass is 528 g/mol. The summed E-state index contributed by atoms with van der Waals surface area (Å²) in [6.45, 7) is 33.6. The molecule has 0 fully saturated rings. The van der Waals surface area contributed by atoms with E-state index in [1.807, 2.05) is 0 Å². The SMILES string of the molecule is Cc1ccc(C(C)C)cc1C(C)C.Cc1ccc(C(C)C)cc1C(C)C.Cc1ccc(C(C)C)cc1C(C)C. The van der Waals surface area contributed by atoms with Crippen LogP contribution in [0.4, 0.5) is 0 Å². The van der Waals surface area contributed by atoms with E-state index < -0.39 is 0 Å². The summed E-state index contributed by atoms with van der Waals surface area (Å²) >= 11 is 0. The Balaban J connectivity index is 0.000000292. The average molecular weight is 529 g/mol. The van der Waals surface area contributed by atoms with Crippen LogP contribution in [0.15, 0.2) is 54.6 Å². The van der Waals surface area contributed by atoms with Gasteiger partial charge in [-0.3, -0.25) is 0 Å². The van der Waals surface area contributed by atoms with Crippen molar-refractivity contribution in [3.05, 3.63) is 105 Å². The minimum Gasteiger partial charge on any atom is -0.0588 e. The van der Waals surface area contributed by atoms with Crippen LogP contribution in [0.1, 0.15) is 169 Å². The van der Waals surface area contributed by atoms with Gasteiger partial charge in [-0.2, -0.15) is 0 Å². The molecule has 0 radical (unpaired) electrons. The summed E-state index contributed by atoms with van der Waals surface area (Å²) in [5.41, 5.74) is 13.1. The Hall–Kier alpha value is -2.34. The fraction of sp³-hybridized carbons (Fsp3) is 0.538. The summed E-state index contributed by atoms with van der Waals surface area (Å²) < 4.78 is 0. The molecule has 0 aliphatic carbocycles. The van der Waals surface area contributed by atoms with Gasteiger partial charge in [-0.25, -0.2) is 0 Å². The standard InChI is InChI=1S/3C13H20/c3*1-9(2)12-7-6-11(5)13(8-12)10(3)4/h3*6-10H,1-5H3. The fourth-order valence-electron chi connectivity index (χ4n) is 4.92. The maximum Gasteiger partial charge on any atom is -0.0216 e. The van der Waals surface area contributed by atoms with E-state index in [1.165, 1.54) is 50.1 Å². The molecule has 0 aromatic heterocycles. The second kappa shape index (κ2) is 16.1.